The first-order valence-electron chi connectivity index (χ1n) is 8.93. The molecule has 0 saturated carbocycles. The van der Waals surface area contributed by atoms with Crippen LogP contribution < -0.4 is 10.1 Å². The van der Waals surface area contributed by atoms with Crippen molar-refractivity contribution in [1.82, 2.24) is 25.1 Å². The minimum absolute atomic E-state index is 0.0501. The molecule has 0 fully saturated rings. The molecule has 4 aromatic rings. The van der Waals surface area contributed by atoms with Gasteiger partial charge in [0.15, 0.2) is 12.4 Å². The zero-order chi connectivity index (χ0) is 20.4. The fourth-order valence-corrected chi connectivity index (χ4v) is 3.71. The Morgan fingerprint density at radius 3 is 2.69 bits per heavy atom. The van der Waals surface area contributed by atoms with E-state index in [1.54, 1.807) is 16.6 Å². The van der Waals surface area contributed by atoms with Crippen molar-refractivity contribution in [2.75, 3.05) is 6.61 Å². The number of nitrogens with one attached hydrogen (secondary N) is 1. The number of rotatable bonds is 6. The number of benzene rings is 2. The molecule has 9 heteroatoms. The Morgan fingerprint density at radius 1 is 1.17 bits per heavy atom. The van der Waals surface area contributed by atoms with E-state index in [9.17, 15) is 4.79 Å². The summed E-state index contributed by atoms with van der Waals surface area (Å²) in [6.07, 6.45) is 0. The lowest BCUT2D eigenvalue weighted by atomic mass is 10.1. The fourth-order valence-electron chi connectivity index (χ4n) is 2.70. The van der Waals surface area contributed by atoms with Gasteiger partial charge in [-0.2, -0.15) is 9.61 Å². The standard InChI is InChI=1S/C20H18ClN5O2S/c1-12-9-16(7-8-17(12)21)28-11-18(27)22-10-14-3-5-15(6-4-14)19-25-26-13(2)23-24-20(26)29-19/h3-9H,10-11H2,1-2H3,(H,22,27). The van der Waals surface area contributed by atoms with Crippen LogP contribution in [0.2, 0.25) is 5.02 Å². The zero-order valence-electron chi connectivity index (χ0n) is 15.8. The summed E-state index contributed by atoms with van der Waals surface area (Å²) >= 11 is 7.47. The zero-order valence-corrected chi connectivity index (χ0v) is 17.4. The van der Waals surface area contributed by atoms with Gasteiger partial charge in [0.25, 0.3) is 5.91 Å². The summed E-state index contributed by atoms with van der Waals surface area (Å²) < 4.78 is 7.24. The van der Waals surface area contributed by atoms with Crippen LogP contribution in [-0.4, -0.2) is 32.3 Å². The highest BCUT2D eigenvalue weighted by Crippen LogP contribution is 2.25. The number of hydrogen-bond donors (Lipinski definition) is 1. The van der Waals surface area contributed by atoms with E-state index >= 15 is 0 Å². The molecule has 0 saturated heterocycles. The monoisotopic (exact) mass is 427 g/mol. The van der Waals surface area contributed by atoms with Gasteiger partial charge in [-0.1, -0.05) is 47.2 Å². The smallest absolute Gasteiger partial charge is 0.258 e. The molecule has 0 bridgehead atoms. The average molecular weight is 428 g/mol. The van der Waals surface area contributed by atoms with E-state index in [1.165, 1.54) is 11.3 Å². The average Bonchev–Trinajstić information content (AvgIpc) is 3.30. The third-order valence-electron chi connectivity index (χ3n) is 4.34. The number of hydrogen-bond acceptors (Lipinski definition) is 6. The molecule has 4 rings (SSSR count). The second-order valence-electron chi connectivity index (χ2n) is 6.52. The molecule has 0 aliphatic heterocycles. The molecule has 2 heterocycles. The van der Waals surface area contributed by atoms with Crippen molar-refractivity contribution >= 4 is 33.8 Å². The highest BCUT2D eigenvalue weighted by atomic mass is 35.5. The first-order chi connectivity index (χ1) is 14.0. The van der Waals surface area contributed by atoms with Crippen LogP contribution in [0.15, 0.2) is 42.5 Å². The van der Waals surface area contributed by atoms with E-state index in [0.717, 1.165) is 32.5 Å². The van der Waals surface area contributed by atoms with E-state index in [2.05, 4.69) is 20.6 Å². The van der Waals surface area contributed by atoms with Gasteiger partial charge in [-0.3, -0.25) is 4.79 Å². The van der Waals surface area contributed by atoms with Gasteiger partial charge in [0, 0.05) is 17.1 Å². The van der Waals surface area contributed by atoms with Gasteiger partial charge in [-0.25, -0.2) is 0 Å². The Labute approximate surface area is 176 Å². The molecule has 1 N–H and O–H groups in total. The number of carbonyl (C=O) groups excluding carboxylic acids is 1. The van der Waals surface area contributed by atoms with E-state index in [-0.39, 0.29) is 12.5 Å². The van der Waals surface area contributed by atoms with Crippen LogP contribution >= 0.6 is 22.9 Å². The number of ether oxygens (including phenoxy) is 1. The van der Waals surface area contributed by atoms with Crippen molar-refractivity contribution < 1.29 is 9.53 Å². The highest BCUT2D eigenvalue weighted by Gasteiger charge is 2.10. The Kier molecular flexibility index (Phi) is 5.46. The van der Waals surface area contributed by atoms with Crippen molar-refractivity contribution in [2.45, 2.75) is 20.4 Å². The van der Waals surface area contributed by atoms with Gasteiger partial charge in [0.05, 0.1) is 0 Å². The third-order valence-corrected chi connectivity index (χ3v) is 5.71. The van der Waals surface area contributed by atoms with Crippen LogP contribution in [0.25, 0.3) is 15.5 Å². The van der Waals surface area contributed by atoms with E-state index in [1.807, 2.05) is 44.2 Å². The van der Waals surface area contributed by atoms with Gasteiger partial charge in [-0.15, -0.1) is 10.2 Å². The van der Waals surface area contributed by atoms with Gasteiger partial charge in [-0.05, 0) is 43.2 Å². The summed E-state index contributed by atoms with van der Waals surface area (Å²) in [6, 6.07) is 13.2. The Balaban J connectivity index is 1.31. The number of fused-ring (bicyclic) bond motifs is 1. The lowest BCUT2D eigenvalue weighted by molar-refractivity contribution is -0.123. The summed E-state index contributed by atoms with van der Waals surface area (Å²) in [7, 11) is 0. The Bertz CT molecular complexity index is 1170. The summed E-state index contributed by atoms with van der Waals surface area (Å²) in [5.41, 5.74) is 2.89. The summed E-state index contributed by atoms with van der Waals surface area (Å²) in [4.78, 5) is 12.8. The predicted octanol–water partition coefficient (Wildman–Crippen LogP) is 3.82. The van der Waals surface area contributed by atoms with Crippen molar-refractivity contribution in [1.29, 1.82) is 0 Å². The molecular formula is C20H18ClN5O2S. The molecule has 0 aliphatic carbocycles. The quantitative estimate of drug-likeness (QED) is 0.506. The summed E-state index contributed by atoms with van der Waals surface area (Å²) in [6.45, 7) is 4.13. The second-order valence-corrected chi connectivity index (χ2v) is 7.89. The van der Waals surface area contributed by atoms with Gasteiger partial charge >= 0.3 is 0 Å². The highest BCUT2D eigenvalue weighted by molar-refractivity contribution is 7.19. The fraction of sp³-hybridized carbons (Fsp3) is 0.200. The van der Waals surface area contributed by atoms with Crippen LogP contribution in [0, 0.1) is 13.8 Å². The molecular weight excluding hydrogens is 410 g/mol. The number of aryl methyl sites for hydroxylation is 2. The minimum Gasteiger partial charge on any atom is -0.484 e. The largest absolute Gasteiger partial charge is 0.484 e. The molecule has 0 spiro atoms. The maximum atomic E-state index is 12.0. The van der Waals surface area contributed by atoms with Crippen LogP contribution in [0.3, 0.4) is 0 Å². The molecule has 2 aromatic carbocycles. The normalized spacial score (nSPS) is 11.0. The molecule has 29 heavy (non-hydrogen) atoms. The molecule has 148 valence electrons. The SMILES string of the molecule is Cc1cc(OCC(=O)NCc2ccc(-c3nn4c(C)nnc4s3)cc2)ccc1Cl. The van der Waals surface area contributed by atoms with E-state index in [0.29, 0.717) is 17.3 Å². The molecule has 2 aromatic heterocycles. The minimum atomic E-state index is -0.189. The topological polar surface area (TPSA) is 81.4 Å². The van der Waals surface area contributed by atoms with Gasteiger partial charge in [0.1, 0.15) is 10.8 Å². The van der Waals surface area contributed by atoms with Crippen LogP contribution in [-0.2, 0) is 11.3 Å². The first-order valence-corrected chi connectivity index (χ1v) is 10.1. The van der Waals surface area contributed by atoms with Crippen LogP contribution in [0.5, 0.6) is 5.75 Å². The number of nitrogens with zero attached hydrogens (tertiary/aromatic N) is 4. The van der Waals surface area contributed by atoms with Crippen molar-refractivity contribution in [2.24, 2.45) is 0 Å². The molecule has 0 aliphatic rings. The summed E-state index contributed by atoms with van der Waals surface area (Å²) in [5, 5.41) is 17.0. The molecule has 1 amide bonds. The van der Waals surface area contributed by atoms with Crippen LogP contribution in [0.1, 0.15) is 17.0 Å². The van der Waals surface area contributed by atoms with Crippen molar-refractivity contribution in [3.63, 3.8) is 0 Å². The second kappa shape index (κ2) is 8.18. The predicted molar refractivity (Wildman–Crippen MR) is 112 cm³/mol. The van der Waals surface area contributed by atoms with E-state index < -0.39 is 0 Å². The molecule has 0 radical (unpaired) electrons. The number of carbonyl (C=O) groups is 1. The van der Waals surface area contributed by atoms with Crippen molar-refractivity contribution in [3.05, 3.63) is 64.4 Å². The van der Waals surface area contributed by atoms with Gasteiger partial charge in [0.2, 0.25) is 4.96 Å². The molecule has 0 atom stereocenters. The molecule has 7 nitrogen and oxygen atoms in total. The van der Waals surface area contributed by atoms with Crippen molar-refractivity contribution in [3.8, 4) is 16.3 Å². The third kappa shape index (κ3) is 4.38. The number of halogens is 1. The summed E-state index contributed by atoms with van der Waals surface area (Å²) in [5.74, 6) is 1.19. The van der Waals surface area contributed by atoms with Gasteiger partial charge < -0.3 is 10.1 Å². The maximum Gasteiger partial charge on any atom is 0.258 e. The Morgan fingerprint density at radius 2 is 1.97 bits per heavy atom. The molecule has 0 unspecified atom stereocenters. The lowest BCUT2D eigenvalue weighted by Gasteiger charge is -2.09. The Hall–Kier alpha value is -2.97. The number of amides is 1. The van der Waals surface area contributed by atoms with E-state index in [4.69, 9.17) is 16.3 Å². The maximum absolute atomic E-state index is 12.0. The first kappa shape index (κ1) is 19.4. The number of aromatic nitrogens is 4. The van der Waals surface area contributed by atoms with Crippen LogP contribution in [0.4, 0.5) is 0 Å². The lowest BCUT2D eigenvalue weighted by Crippen LogP contribution is -2.28.